The first-order chi connectivity index (χ1) is 7.84. The quantitative estimate of drug-likeness (QED) is 0.788. The lowest BCUT2D eigenvalue weighted by atomic mass is 9.93. The monoisotopic (exact) mass is 231 g/mol. The third-order valence-corrected chi connectivity index (χ3v) is 2.89. The van der Waals surface area contributed by atoms with Crippen LogP contribution in [0.5, 0.6) is 0 Å². The predicted molar refractivity (Wildman–Crippen MR) is 64.8 cm³/mol. The van der Waals surface area contributed by atoms with E-state index < -0.39 is 0 Å². The van der Waals surface area contributed by atoms with Crippen molar-refractivity contribution in [3.8, 4) is 0 Å². The van der Waals surface area contributed by atoms with Crippen LogP contribution in [-0.2, 0) is 4.74 Å². The number of hydrogen-bond donors (Lipinski definition) is 1. The number of fused-ring (bicyclic) bond motifs is 1. The first kappa shape index (κ1) is 9.55. The summed E-state index contributed by atoms with van der Waals surface area (Å²) < 4.78 is 5.63. The zero-order valence-corrected chi connectivity index (χ0v) is 9.24. The molecule has 0 fully saturated rings. The van der Waals surface area contributed by atoms with Gasteiger partial charge in [0.15, 0.2) is 6.10 Å². The number of aromatic nitrogens is 1. The SMILES string of the molecule is ClC1=CC2=CC=COC2C(c2ccc[nH]2)=C1. The average molecular weight is 232 g/mol. The number of aromatic amines is 1. The molecule has 1 aliphatic heterocycles. The van der Waals surface area contributed by atoms with Crippen molar-refractivity contribution in [3.63, 3.8) is 0 Å². The molecule has 1 atom stereocenters. The molecule has 0 bridgehead atoms. The molecule has 0 saturated carbocycles. The highest BCUT2D eigenvalue weighted by Crippen LogP contribution is 2.34. The summed E-state index contributed by atoms with van der Waals surface area (Å²) in [5.74, 6) is 0. The van der Waals surface area contributed by atoms with Gasteiger partial charge in [-0.05, 0) is 35.9 Å². The third kappa shape index (κ3) is 1.51. The Balaban J connectivity index is 2.08. The fourth-order valence-corrected chi connectivity index (χ4v) is 2.21. The van der Waals surface area contributed by atoms with Crippen LogP contribution in [0.1, 0.15) is 5.69 Å². The van der Waals surface area contributed by atoms with E-state index in [1.165, 1.54) is 0 Å². The number of hydrogen-bond acceptors (Lipinski definition) is 1. The van der Waals surface area contributed by atoms with E-state index in [9.17, 15) is 0 Å². The molecule has 2 heterocycles. The van der Waals surface area contributed by atoms with Crippen LogP contribution in [0, 0.1) is 0 Å². The molecule has 1 N–H and O–H groups in total. The lowest BCUT2D eigenvalue weighted by molar-refractivity contribution is 0.223. The normalized spacial score (nSPS) is 22.8. The Labute approximate surface area is 98.6 Å². The molecule has 1 unspecified atom stereocenters. The van der Waals surface area contributed by atoms with E-state index in [1.807, 2.05) is 42.6 Å². The highest BCUT2D eigenvalue weighted by molar-refractivity contribution is 6.32. The zero-order valence-electron chi connectivity index (χ0n) is 8.48. The number of halogens is 1. The van der Waals surface area contributed by atoms with Crippen LogP contribution in [-0.4, -0.2) is 11.1 Å². The van der Waals surface area contributed by atoms with Gasteiger partial charge in [0, 0.05) is 22.5 Å². The highest BCUT2D eigenvalue weighted by atomic mass is 35.5. The minimum Gasteiger partial charge on any atom is -0.489 e. The number of H-pyrrole nitrogens is 1. The van der Waals surface area contributed by atoms with Crippen molar-refractivity contribution in [1.29, 1.82) is 0 Å². The maximum Gasteiger partial charge on any atom is 0.150 e. The van der Waals surface area contributed by atoms with E-state index in [4.69, 9.17) is 16.3 Å². The molecule has 2 nitrogen and oxygen atoms in total. The average Bonchev–Trinajstić information content (AvgIpc) is 2.81. The van der Waals surface area contributed by atoms with Crippen molar-refractivity contribution in [2.75, 3.05) is 0 Å². The lowest BCUT2D eigenvalue weighted by Crippen LogP contribution is -2.19. The third-order valence-electron chi connectivity index (χ3n) is 2.67. The fraction of sp³-hybridized carbons (Fsp3) is 0.0769. The van der Waals surface area contributed by atoms with Crippen molar-refractivity contribution in [3.05, 3.63) is 65.2 Å². The highest BCUT2D eigenvalue weighted by Gasteiger charge is 2.25. The molecular weight excluding hydrogens is 222 g/mol. The van der Waals surface area contributed by atoms with Gasteiger partial charge in [0.2, 0.25) is 0 Å². The van der Waals surface area contributed by atoms with Crippen molar-refractivity contribution >= 4 is 17.2 Å². The molecule has 0 aromatic carbocycles. The first-order valence-corrected chi connectivity index (χ1v) is 5.47. The maximum atomic E-state index is 6.10. The summed E-state index contributed by atoms with van der Waals surface area (Å²) in [5.41, 5.74) is 3.19. The second-order valence-electron chi connectivity index (χ2n) is 3.72. The van der Waals surface area contributed by atoms with Gasteiger partial charge in [0.25, 0.3) is 0 Å². The van der Waals surface area contributed by atoms with Gasteiger partial charge in [-0.3, -0.25) is 0 Å². The fourth-order valence-electron chi connectivity index (χ4n) is 1.97. The molecule has 0 spiro atoms. The largest absolute Gasteiger partial charge is 0.489 e. The van der Waals surface area contributed by atoms with E-state index in [0.717, 1.165) is 21.9 Å². The van der Waals surface area contributed by atoms with Gasteiger partial charge < -0.3 is 9.72 Å². The molecular formula is C13H10ClNO. The minimum atomic E-state index is -0.0499. The maximum absolute atomic E-state index is 6.10. The summed E-state index contributed by atoms with van der Waals surface area (Å²) in [6.45, 7) is 0. The molecule has 80 valence electrons. The van der Waals surface area contributed by atoms with Gasteiger partial charge in [-0.15, -0.1) is 0 Å². The summed E-state index contributed by atoms with van der Waals surface area (Å²) in [6.07, 6.45) is 11.3. The summed E-state index contributed by atoms with van der Waals surface area (Å²) in [7, 11) is 0. The second kappa shape index (κ2) is 3.72. The van der Waals surface area contributed by atoms with Gasteiger partial charge in [-0.1, -0.05) is 17.7 Å². The lowest BCUT2D eigenvalue weighted by Gasteiger charge is -2.26. The van der Waals surface area contributed by atoms with Crippen LogP contribution in [0.3, 0.4) is 0 Å². The summed E-state index contributed by atoms with van der Waals surface area (Å²) in [5, 5.41) is 0.728. The summed E-state index contributed by atoms with van der Waals surface area (Å²) >= 11 is 6.10. The molecule has 0 amide bonds. The van der Waals surface area contributed by atoms with Crippen molar-refractivity contribution in [1.82, 2.24) is 4.98 Å². The number of ether oxygens (including phenoxy) is 1. The van der Waals surface area contributed by atoms with E-state index >= 15 is 0 Å². The summed E-state index contributed by atoms with van der Waals surface area (Å²) in [4.78, 5) is 3.17. The van der Waals surface area contributed by atoms with Crippen LogP contribution in [0.15, 0.2) is 59.5 Å². The second-order valence-corrected chi connectivity index (χ2v) is 4.16. The van der Waals surface area contributed by atoms with Gasteiger partial charge >= 0.3 is 0 Å². The van der Waals surface area contributed by atoms with Crippen LogP contribution < -0.4 is 0 Å². The van der Waals surface area contributed by atoms with E-state index in [2.05, 4.69) is 4.98 Å². The Morgan fingerprint density at radius 1 is 1.31 bits per heavy atom. The van der Waals surface area contributed by atoms with Crippen LogP contribution in [0.25, 0.3) is 5.57 Å². The van der Waals surface area contributed by atoms with Crippen molar-refractivity contribution in [2.45, 2.75) is 6.10 Å². The van der Waals surface area contributed by atoms with Crippen LogP contribution in [0.4, 0.5) is 0 Å². The smallest absolute Gasteiger partial charge is 0.150 e. The topological polar surface area (TPSA) is 25.0 Å². The number of nitrogens with one attached hydrogen (secondary N) is 1. The minimum absolute atomic E-state index is 0.0499. The van der Waals surface area contributed by atoms with Crippen LogP contribution >= 0.6 is 11.6 Å². The number of rotatable bonds is 1. The molecule has 2 aliphatic rings. The van der Waals surface area contributed by atoms with Gasteiger partial charge in [0.1, 0.15) is 0 Å². The molecule has 1 aliphatic carbocycles. The summed E-state index contributed by atoms with van der Waals surface area (Å²) in [6, 6.07) is 3.98. The van der Waals surface area contributed by atoms with E-state index in [-0.39, 0.29) is 6.10 Å². The Morgan fingerprint density at radius 3 is 3.06 bits per heavy atom. The van der Waals surface area contributed by atoms with Gasteiger partial charge in [-0.25, -0.2) is 0 Å². The molecule has 0 radical (unpaired) electrons. The van der Waals surface area contributed by atoms with Gasteiger partial charge in [-0.2, -0.15) is 0 Å². The van der Waals surface area contributed by atoms with Crippen molar-refractivity contribution in [2.24, 2.45) is 0 Å². The molecule has 3 heteroatoms. The van der Waals surface area contributed by atoms with E-state index in [0.29, 0.717) is 0 Å². The molecule has 16 heavy (non-hydrogen) atoms. The zero-order chi connectivity index (χ0) is 11.0. The Morgan fingerprint density at radius 2 is 2.25 bits per heavy atom. The Kier molecular flexibility index (Phi) is 2.22. The Hall–Kier alpha value is -1.67. The van der Waals surface area contributed by atoms with E-state index in [1.54, 1.807) is 6.26 Å². The molecule has 1 aromatic heterocycles. The van der Waals surface area contributed by atoms with Crippen LogP contribution in [0.2, 0.25) is 0 Å². The van der Waals surface area contributed by atoms with Gasteiger partial charge in [0.05, 0.1) is 6.26 Å². The Bertz CT molecular complexity index is 520. The predicted octanol–water partition coefficient (Wildman–Crippen LogP) is 3.37. The first-order valence-electron chi connectivity index (χ1n) is 5.09. The van der Waals surface area contributed by atoms with Crippen molar-refractivity contribution < 1.29 is 4.74 Å². The molecule has 3 rings (SSSR count). The molecule has 1 aromatic rings. The standard InChI is InChI=1S/C13H10ClNO/c14-10-7-9-3-2-6-16-13(9)11(8-10)12-4-1-5-15-12/h1-8,13,15H. The number of allylic oxidation sites excluding steroid dienone is 4. The molecule has 0 saturated heterocycles.